The summed E-state index contributed by atoms with van der Waals surface area (Å²) in [6.07, 6.45) is -4.36. The predicted molar refractivity (Wildman–Crippen MR) is 218 cm³/mol. The first-order valence-electron chi connectivity index (χ1n) is 18.8. The maximum absolute atomic E-state index is 12.8. The number of hydrogen-bond donors (Lipinski definition) is 2. The number of alkyl halides is 3. The fourth-order valence-electron chi connectivity index (χ4n) is 6.24. The fraction of sp³-hybridized carbons (Fsp3) is 0.256. The zero-order valence-corrected chi connectivity index (χ0v) is 34.8. The molecule has 0 spiro atoms. The average Bonchev–Trinajstić information content (AvgIpc) is 4.08. The molecule has 1 unspecified atom stereocenters. The normalized spacial score (nSPS) is 13.8. The number of fused-ring (bicyclic) bond motifs is 2. The lowest BCUT2D eigenvalue weighted by molar-refractivity contribution is -0.274. The van der Waals surface area contributed by atoms with E-state index in [0.29, 0.717) is 75.1 Å². The number of benzene rings is 2. The van der Waals surface area contributed by atoms with Crippen LogP contribution < -0.4 is 39.1 Å². The van der Waals surface area contributed by atoms with Gasteiger partial charge in [0.15, 0.2) is 56.3 Å². The van der Waals surface area contributed by atoms with Gasteiger partial charge in [-0.15, -0.1) is 33.6 Å². The summed E-state index contributed by atoms with van der Waals surface area (Å²) in [6, 6.07) is 14.5. The van der Waals surface area contributed by atoms with Crippen LogP contribution in [0.4, 0.5) is 24.5 Å². The molecular formula is C39H33F3N10O9S2. The highest BCUT2D eigenvalue weighted by atomic mass is 32.2. The summed E-state index contributed by atoms with van der Waals surface area (Å²) in [5, 5.41) is 23.7. The van der Waals surface area contributed by atoms with Crippen molar-refractivity contribution in [1.82, 2.24) is 39.5 Å². The smallest absolute Gasteiger partial charge is 0.453 e. The third kappa shape index (κ3) is 9.70. The number of anilines is 2. The minimum absolute atomic E-state index is 0.0238. The van der Waals surface area contributed by atoms with E-state index in [-0.39, 0.29) is 41.3 Å². The van der Waals surface area contributed by atoms with E-state index in [2.05, 4.69) is 40.7 Å². The Balaban J connectivity index is 0.955. The Morgan fingerprint density at radius 2 is 1.35 bits per heavy atom. The van der Waals surface area contributed by atoms with Gasteiger partial charge >= 0.3 is 12.3 Å². The van der Waals surface area contributed by atoms with Crippen LogP contribution in [0, 0.1) is 0 Å². The lowest BCUT2D eigenvalue weighted by atomic mass is 10.2. The number of hydrogen-bond acceptors (Lipinski definition) is 17. The molecule has 24 heteroatoms. The van der Waals surface area contributed by atoms with Gasteiger partial charge in [0.2, 0.25) is 18.6 Å². The van der Waals surface area contributed by atoms with Crippen molar-refractivity contribution in [2.75, 3.05) is 28.9 Å². The molecule has 6 heterocycles. The zero-order chi connectivity index (χ0) is 44.3. The van der Waals surface area contributed by atoms with Crippen molar-refractivity contribution in [1.29, 1.82) is 0 Å². The number of pyridine rings is 2. The number of nitrogens with one attached hydrogen (secondary N) is 2. The van der Waals surface area contributed by atoms with E-state index in [0.717, 1.165) is 23.9 Å². The minimum atomic E-state index is -4.83. The van der Waals surface area contributed by atoms with Crippen molar-refractivity contribution in [3.05, 3.63) is 72.6 Å². The van der Waals surface area contributed by atoms with Crippen LogP contribution in [0.2, 0.25) is 0 Å². The van der Waals surface area contributed by atoms with Gasteiger partial charge in [-0.1, -0.05) is 23.5 Å². The molecule has 2 aliphatic heterocycles. The molecule has 2 amide bonds. The molecule has 0 bridgehead atoms. The van der Waals surface area contributed by atoms with Crippen LogP contribution >= 0.6 is 23.5 Å². The van der Waals surface area contributed by atoms with Crippen molar-refractivity contribution in [2.45, 2.75) is 56.8 Å². The van der Waals surface area contributed by atoms with Crippen molar-refractivity contribution < 1.29 is 56.0 Å². The van der Waals surface area contributed by atoms with E-state index in [1.807, 2.05) is 13.8 Å². The maximum atomic E-state index is 12.8. The van der Waals surface area contributed by atoms with Crippen LogP contribution in [0.15, 0.2) is 77.2 Å². The Morgan fingerprint density at radius 3 is 1.92 bits per heavy atom. The molecule has 2 aliphatic rings. The van der Waals surface area contributed by atoms with Gasteiger partial charge in [0.25, 0.3) is 6.29 Å². The van der Waals surface area contributed by atoms with E-state index in [1.54, 1.807) is 51.7 Å². The van der Waals surface area contributed by atoms with Crippen LogP contribution in [0.1, 0.15) is 32.8 Å². The van der Waals surface area contributed by atoms with Crippen molar-refractivity contribution in [2.24, 2.45) is 0 Å². The molecule has 0 fully saturated rings. The molecule has 326 valence electrons. The van der Waals surface area contributed by atoms with Crippen LogP contribution in [0.25, 0.3) is 23.0 Å². The minimum Gasteiger partial charge on any atom is -0.453 e. The first kappa shape index (κ1) is 42.6. The Hall–Kier alpha value is -7.08. The third-order valence-electron chi connectivity index (χ3n) is 8.87. The van der Waals surface area contributed by atoms with E-state index < -0.39 is 30.3 Å². The van der Waals surface area contributed by atoms with E-state index >= 15 is 0 Å². The molecule has 0 aliphatic carbocycles. The van der Waals surface area contributed by atoms with Crippen LogP contribution in [-0.4, -0.2) is 81.9 Å². The fourth-order valence-corrected chi connectivity index (χ4v) is 7.85. The second-order valence-corrected chi connectivity index (χ2v) is 15.0. The number of carbonyl (C=O) groups excluding carboxylic acids is 3. The molecule has 0 saturated carbocycles. The van der Waals surface area contributed by atoms with Gasteiger partial charge in [0.05, 0.1) is 11.5 Å². The molecule has 1 atom stereocenters. The van der Waals surface area contributed by atoms with Crippen LogP contribution in [0.5, 0.6) is 34.5 Å². The lowest BCUT2D eigenvalue weighted by Crippen LogP contribution is -2.17. The maximum Gasteiger partial charge on any atom is 0.573 e. The number of carbonyl (C=O) groups is 3. The number of thioether (sulfide) groups is 2. The number of rotatable bonds is 15. The summed E-state index contributed by atoms with van der Waals surface area (Å²) >= 11 is 2.27. The molecule has 6 aromatic rings. The van der Waals surface area contributed by atoms with Crippen LogP contribution in [-0.2, 0) is 27.5 Å². The van der Waals surface area contributed by atoms with Gasteiger partial charge in [0.1, 0.15) is 17.2 Å². The quantitative estimate of drug-likeness (QED) is 0.0637. The predicted octanol–water partition coefficient (Wildman–Crippen LogP) is 6.52. The number of aromatic nitrogens is 8. The summed E-state index contributed by atoms with van der Waals surface area (Å²) in [5.74, 6) is 0.729. The number of halogens is 3. The average molecular weight is 907 g/mol. The van der Waals surface area contributed by atoms with Gasteiger partial charge in [-0.25, -0.2) is 9.97 Å². The number of nitrogens with zero attached hydrogens (tertiary/aromatic N) is 8. The number of ether oxygens (including phenoxy) is 6. The SMILES string of the molecule is CCn1c(SCC(=O)Nc2ccc(OC(F)(F)F)cc2)nnc1-c1nc(C2Oc3ccnc(-c4nnc(SCC(=O)Nc5ccc(OC(C)=O)cc5)n4CC)c3O2)cc2c1OCO2. The van der Waals surface area contributed by atoms with Gasteiger partial charge in [-0.2, -0.15) is 0 Å². The highest BCUT2D eigenvalue weighted by Gasteiger charge is 2.36. The molecule has 19 nitrogen and oxygen atoms in total. The van der Waals surface area contributed by atoms with Crippen molar-refractivity contribution in [3.8, 4) is 57.5 Å². The van der Waals surface area contributed by atoms with Gasteiger partial charge in [-0.3, -0.25) is 14.4 Å². The molecule has 2 N–H and O–H groups in total. The highest BCUT2D eigenvalue weighted by Crippen LogP contribution is 2.48. The standard InChI is InChI=1S/C39H33F3N10O9S2/c1-4-51-34(47-49-37(51)62-17-28(54)44-21-6-10-23(11-7-21)58-20(3)53)30-33-26(14-15-43-30)59-36(60-33)25-16-27-32(57-19-56-27)31(46-25)35-48-50-38(52(35)5-2)63-18-29(55)45-22-8-12-24(13-9-22)61-39(40,41)42/h6-16,36H,4-5,17-19H2,1-3H3,(H,44,54)(H,45,55). The van der Waals surface area contributed by atoms with Crippen LogP contribution in [0.3, 0.4) is 0 Å². The molecule has 0 radical (unpaired) electrons. The van der Waals surface area contributed by atoms with E-state index in [1.165, 1.54) is 30.8 Å². The van der Waals surface area contributed by atoms with Crippen molar-refractivity contribution >= 4 is 52.7 Å². The van der Waals surface area contributed by atoms with Gasteiger partial charge in [-0.05, 0) is 62.4 Å². The Kier molecular flexibility index (Phi) is 12.2. The van der Waals surface area contributed by atoms with Gasteiger partial charge < -0.3 is 48.2 Å². The summed E-state index contributed by atoms with van der Waals surface area (Å²) < 4.78 is 74.2. The Labute approximate surface area is 363 Å². The summed E-state index contributed by atoms with van der Waals surface area (Å²) in [5.41, 5.74) is 1.74. The molecule has 8 rings (SSSR count). The van der Waals surface area contributed by atoms with E-state index in [4.69, 9.17) is 28.7 Å². The van der Waals surface area contributed by atoms with Crippen molar-refractivity contribution in [3.63, 3.8) is 0 Å². The molecule has 63 heavy (non-hydrogen) atoms. The number of esters is 1. The highest BCUT2D eigenvalue weighted by molar-refractivity contribution is 8.00. The first-order valence-corrected chi connectivity index (χ1v) is 20.8. The Morgan fingerprint density at radius 1 is 0.762 bits per heavy atom. The second kappa shape index (κ2) is 18.1. The zero-order valence-electron chi connectivity index (χ0n) is 33.2. The molecule has 4 aromatic heterocycles. The lowest BCUT2D eigenvalue weighted by Gasteiger charge is -2.14. The second-order valence-electron chi connectivity index (χ2n) is 13.1. The monoisotopic (exact) mass is 906 g/mol. The summed E-state index contributed by atoms with van der Waals surface area (Å²) in [6.45, 7) is 5.80. The molecule has 2 aromatic carbocycles. The molecule has 0 saturated heterocycles. The summed E-state index contributed by atoms with van der Waals surface area (Å²) in [7, 11) is 0. The summed E-state index contributed by atoms with van der Waals surface area (Å²) in [4.78, 5) is 46.2. The molecular weight excluding hydrogens is 874 g/mol. The topological polar surface area (TPSA) is 218 Å². The first-order chi connectivity index (χ1) is 30.3. The van der Waals surface area contributed by atoms with E-state index in [9.17, 15) is 27.6 Å². The largest absolute Gasteiger partial charge is 0.573 e. The number of amides is 2. The third-order valence-corrected chi connectivity index (χ3v) is 10.8. The Bertz CT molecular complexity index is 2680. The van der Waals surface area contributed by atoms with Gasteiger partial charge in [0, 0.05) is 49.7 Å².